The van der Waals surface area contributed by atoms with Crippen molar-refractivity contribution in [3.05, 3.63) is 24.3 Å². The van der Waals surface area contributed by atoms with Gasteiger partial charge in [0, 0.05) is 0 Å². The van der Waals surface area contributed by atoms with E-state index in [2.05, 4.69) is 38.2 Å². The average Bonchev–Trinajstić information content (AvgIpc) is 2.10. The first kappa shape index (κ1) is 11.5. The van der Waals surface area contributed by atoms with Gasteiger partial charge in [0.15, 0.2) is 0 Å². The lowest BCUT2D eigenvalue weighted by Crippen LogP contribution is -1.69. The third-order valence-electron chi connectivity index (χ3n) is 1.77. The van der Waals surface area contributed by atoms with Crippen LogP contribution in [0.4, 0.5) is 0 Å². The Morgan fingerprint density at radius 2 is 1.33 bits per heavy atom. The van der Waals surface area contributed by atoms with E-state index in [9.17, 15) is 0 Å². The normalized spacial score (nSPS) is 11.8. The molecule has 0 aliphatic carbocycles. The third-order valence-corrected chi connectivity index (χ3v) is 1.77. The van der Waals surface area contributed by atoms with Crippen molar-refractivity contribution in [2.24, 2.45) is 0 Å². The molecule has 0 atom stereocenters. The summed E-state index contributed by atoms with van der Waals surface area (Å²) in [6.07, 6.45) is 16.6. The van der Waals surface area contributed by atoms with E-state index < -0.39 is 0 Å². The Hall–Kier alpha value is -0.520. The molecule has 0 heteroatoms. The molecule has 0 nitrogen and oxygen atoms in total. The van der Waals surface area contributed by atoms with Crippen molar-refractivity contribution >= 4 is 0 Å². The van der Waals surface area contributed by atoms with E-state index in [1.807, 2.05) is 0 Å². The van der Waals surface area contributed by atoms with Gasteiger partial charge in [0.1, 0.15) is 0 Å². The zero-order valence-corrected chi connectivity index (χ0v) is 8.55. The van der Waals surface area contributed by atoms with Crippen LogP contribution in [0.1, 0.15) is 52.4 Å². The maximum absolute atomic E-state index is 2.31. The van der Waals surface area contributed by atoms with Gasteiger partial charge >= 0.3 is 0 Å². The first-order valence-corrected chi connectivity index (χ1v) is 5.21. The van der Waals surface area contributed by atoms with Crippen LogP contribution in [0, 0.1) is 0 Å². The summed E-state index contributed by atoms with van der Waals surface area (Å²) in [6.45, 7) is 4.39. The van der Waals surface area contributed by atoms with Crippen LogP contribution in [0.5, 0.6) is 0 Å². The highest BCUT2D eigenvalue weighted by Crippen LogP contribution is 1.99. The molecule has 70 valence electrons. The quantitative estimate of drug-likeness (QED) is 0.386. The van der Waals surface area contributed by atoms with Gasteiger partial charge in [0.2, 0.25) is 0 Å². The SMILES string of the molecule is CC/C=C/CCC/C=C/CCC. The van der Waals surface area contributed by atoms with Crippen LogP contribution in [0.2, 0.25) is 0 Å². The van der Waals surface area contributed by atoms with E-state index in [1.165, 1.54) is 38.5 Å². The van der Waals surface area contributed by atoms with Gasteiger partial charge in [-0.15, -0.1) is 0 Å². The van der Waals surface area contributed by atoms with E-state index in [0.717, 1.165) is 0 Å². The Balaban J connectivity index is 3.04. The van der Waals surface area contributed by atoms with Gasteiger partial charge in [-0.3, -0.25) is 0 Å². The average molecular weight is 166 g/mol. The van der Waals surface area contributed by atoms with Gasteiger partial charge in [-0.05, 0) is 32.1 Å². The predicted octanol–water partition coefficient (Wildman–Crippen LogP) is 4.48. The summed E-state index contributed by atoms with van der Waals surface area (Å²) in [4.78, 5) is 0. The molecule has 0 bridgehead atoms. The fourth-order valence-electron chi connectivity index (χ4n) is 1.04. The van der Waals surface area contributed by atoms with Gasteiger partial charge in [0.05, 0.1) is 0 Å². The molecular weight excluding hydrogens is 144 g/mol. The van der Waals surface area contributed by atoms with Gasteiger partial charge in [-0.1, -0.05) is 44.6 Å². The summed E-state index contributed by atoms with van der Waals surface area (Å²) in [7, 11) is 0. The monoisotopic (exact) mass is 166 g/mol. The Morgan fingerprint density at radius 1 is 0.750 bits per heavy atom. The second-order valence-electron chi connectivity index (χ2n) is 3.07. The van der Waals surface area contributed by atoms with Crippen LogP contribution in [0.15, 0.2) is 24.3 Å². The minimum atomic E-state index is 1.17. The minimum Gasteiger partial charge on any atom is -0.0888 e. The van der Waals surface area contributed by atoms with Crippen LogP contribution in [0.25, 0.3) is 0 Å². The molecule has 0 spiro atoms. The van der Waals surface area contributed by atoms with E-state index in [0.29, 0.717) is 0 Å². The number of hydrogen-bond acceptors (Lipinski definition) is 0. The van der Waals surface area contributed by atoms with Gasteiger partial charge in [-0.25, -0.2) is 0 Å². The Morgan fingerprint density at radius 3 is 1.92 bits per heavy atom. The largest absolute Gasteiger partial charge is 0.0888 e. The molecule has 0 N–H and O–H groups in total. The molecule has 0 heterocycles. The van der Waals surface area contributed by atoms with Crippen LogP contribution in [-0.2, 0) is 0 Å². The van der Waals surface area contributed by atoms with E-state index in [-0.39, 0.29) is 0 Å². The molecule has 0 aromatic rings. The topological polar surface area (TPSA) is 0 Å². The van der Waals surface area contributed by atoms with Gasteiger partial charge in [0.25, 0.3) is 0 Å². The number of unbranched alkanes of at least 4 members (excludes halogenated alkanes) is 3. The van der Waals surface area contributed by atoms with Gasteiger partial charge in [-0.2, -0.15) is 0 Å². The Kier molecular flexibility index (Phi) is 10.0. The lowest BCUT2D eigenvalue weighted by atomic mass is 10.2. The molecule has 0 aromatic heterocycles. The zero-order chi connectivity index (χ0) is 9.07. The predicted molar refractivity (Wildman–Crippen MR) is 57.3 cm³/mol. The first-order valence-electron chi connectivity index (χ1n) is 5.21. The molecule has 12 heavy (non-hydrogen) atoms. The maximum Gasteiger partial charge on any atom is -0.0348 e. The third kappa shape index (κ3) is 9.48. The summed E-state index contributed by atoms with van der Waals surface area (Å²) in [6, 6.07) is 0. The first-order chi connectivity index (χ1) is 5.91. The molecule has 0 aliphatic rings. The molecule has 0 aromatic carbocycles. The molecule has 0 aliphatic heterocycles. The van der Waals surface area contributed by atoms with Crippen LogP contribution >= 0.6 is 0 Å². The van der Waals surface area contributed by atoms with Crippen LogP contribution < -0.4 is 0 Å². The highest BCUT2D eigenvalue weighted by molar-refractivity contribution is 4.84. The summed E-state index contributed by atoms with van der Waals surface area (Å²) in [5, 5.41) is 0. The van der Waals surface area contributed by atoms with Crippen LogP contribution in [-0.4, -0.2) is 0 Å². The fourth-order valence-corrected chi connectivity index (χ4v) is 1.04. The molecule has 0 unspecified atom stereocenters. The fraction of sp³-hybridized carbons (Fsp3) is 0.667. The standard InChI is InChI=1S/C12H22/c1-3-5-7-9-11-12-10-8-6-4-2/h5,7-8,10H,3-4,6,9,11-12H2,1-2H3/b7-5+,10-8+. The molecule has 0 saturated carbocycles. The number of rotatable bonds is 7. The zero-order valence-electron chi connectivity index (χ0n) is 8.55. The Labute approximate surface area is 77.4 Å². The Bertz CT molecular complexity index is 120. The molecule has 0 rings (SSSR count). The number of hydrogen-bond donors (Lipinski definition) is 0. The second-order valence-corrected chi connectivity index (χ2v) is 3.07. The lowest BCUT2D eigenvalue weighted by molar-refractivity contribution is 0.856. The summed E-state index contributed by atoms with van der Waals surface area (Å²) in [5.41, 5.74) is 0. The van der Waals surface area contributed by atoms with Crippen molar-refractivity contribution in [2.45, 2.75) is 52.4 Å². The van der Waals surface area contributed by atoms with Crippen LogP contribution in [0.3, 0.4) is 0 Å². The maximum atomic E-state index is 2.31. The summed E-state index contributed by atoms with van der Waals surface area (Å²) >= 11 is 0. The van der Waals surface area contributed by atoms with E-state index in [1.54, 1.807) is 0 Å². The smallest absolute Gasteiger partial charge is 0.0348 e. The van der Waals surface area contributed by atoms with Crippen molar-refractivity contribution in [1.29, 1.82) is 0 Å². The molecular formula is C12H22. The summed E-state index contributed by atoms with van der Waals surface area (Å²) < 4.78 is 0. The highest BCUT2D eigenvalue weighted by Gasteiger charge is 1.79. The molecule has 0 radical (unpaired) electrons. The van der Waals surface area contributed by atoms with E-state index >= 15 is 0 Å². The van der Waals surface area contributed by atoms with Gasteiger partial charge < -0.3 is 0 Å². The van der Waals surface area contributed by atoms with Crippen molar-refractivity contribution in [3.8, 4) is 0 Å². The second kappa shape index (κ2) is 10.5. The van der Waals surface area contributed by atoms with Crippen molar-refractivity contribution in [1.82, 2.24) is 0 Å². The number of allylic oxidation sites excluding steroid dienone is 4. The molecule has 0 amide bonds. The van der Waals surface area contributed by atoms with Crippen molar-refractivity contribution < 1.29 is 0 Å². The molecule has 0 saturated heterocycles. The lowest BCUT2D eigenvalue weighted by Gasteiger charge is -1.89. The van der Waals surface area contributed by atoms with E-state index in [4.69, 9.17) is 0 Å². The van der Waals surface area contributed by atoms with Crippen molar-refractivity contribution in [2.75, 3.05) is 0 Å². The van der Waals surface area contributed by atoms with Crippen molar-refractivity contribution in [3.63, 3.8) is 0 Å². The highest BCUT2D eigenvalue weighted by atomic mass is 13.9. The molecule has 0 fully saturated rings. The summed E-state index contributed by atoms with van der Waals surface area (Å²) in [5.74, 6) is 0. The minimum absolute atomic E-state index is 1.17.